The largest absolute Gasteiger partial charge is 0.462 e. The van der Waals surface area contributed by atoms with Crippen molar-refractivity contribution in [2.45, 2.75) is 329 Å². The third-order valence-corrected chi connectivity index (χ3v) is 13.2. The smallest absolute Gasteiger partial charge is 0.306 e. The monoisotopic (exact) mass is 929 g/mol. The number of allylic oxidation sites excluding steroid dienone is 4. The summed E-state index contributed by atoms with van der Waals surface area (Å²) < 4.78 is 16.7. The molecule has 0 radical (unpaired) electrons. The Labute approximate surface area is 411 Å². The molecule has 0 fully saturated rings. The van der Waals surface area contributed by atoms with Crippen LogP contribution in [0, 0.1) is 0 Å². The van der Waals surface area contributed by atoms with Crippen molar-refractivity contribution >= 4 is 17.9 Å². The van der Waals surface area contributed by atoms with E-state index in [1.807, 2.05) is 0 Å². The molecule has 0 N–H and O–H groups in total. The van der Waals surface area contributed by atoms with E-state index in [1.54, 1.807) is 0 Å². The second-order valence-electron chi connectivity index (χ2n) is 19.9. The maximum atomic E-state index is 12.7. The Balaban J connectivity index is 3.95. The van der Waals surface area contributed by atoms with Crippen LogP contribution in [0.15, 0.2) is 24.3 Å². The summed E-state index contributed by atoms with van der Waals surface area (Å²) in [6.45, 7) is 6.56. The molecule has 0 rings (SSSR count). The topological polar surface area (TPSA) is 78.9 Å². The highest BCUT2D eigenvalue weighted by Gasteiger charge is 2.19. The molecule has 6 nitrogen and oxygen atoms in total. The molecule has 388 valence electrons. The number of hydrogen-bond donors (Lipinski definition) is 0. The number of unbranched alkanes of at least 4 members (excludes halogenated alkanes) is 39. The van der Waals surface area contributed by atoms with Crippen LogP contribution in [0.4, 0.5) is 0 Å². The Hall–Kier alpha value is -2.11. The van der Waals surface area contributed by atoms with Gasteiger partial charge in [0, 0.05) is 19.3 Å². The van der Waals surface area contributed by atoms with Crippen molar-refractivity contribution in [1.82, 2.24) is 0 Å². The second kappa shape index (κ2) is 55.5. The van der Waals surface area contributed by atoms with E-state index in [0.717, 1.165) is 89.9 Å². The fourth-order valence-electron chi connectivity index (χ4n) is 8.77. The molecular formula is C60H112O6. The molecule has 0 heterocycles. The zero-order valence-electron chi connectivity index (χ0n) is 44.5. The van der Waals surface area contributed by atoms with Crippen LogP contribution in [-0.2, 0) is 28.6 Å². The third kappa shape index (κ3) is 52.9. The quantitative estimate of drug-likeness (QED) is 0.0262. The summed E-state index contributed by atoms with van der Waals surface area (Å²) in [6.07, 6.45) is 65.2. The zero-order valence-corrected chi connectivity index (χ0v) is 44.5. The van der Waals surface area contributed by atoms with Gasteiger partial charge in [0.2, 0.25) is 0 Å². The van der Waals surface area contributed by atoms with E-state index in [4.69, 9.17) is 14.2 Å². The van der Waals surface area contributed by atoms with Crippen molar-refractivity contribution in [3.05, 3.63) is 24.3 Å². The number of hydrogen-bond acceptors (Lipinski definition) is 6. The minimum atomic E-state index is -0.771. The number of carbonyl (C=O) groups is 3. The standard InChI is InChI=1S/C60H112O6/c1-4-7-10-13-15-17-19-21-23-24-25-26-27-28-29-30-31-32-33-34-35-37-38-40-42-44-47-50-53-59(62)65-56-57(55-64-58(61)52-49-46-12-9-6-3)66-60(63)54-51-48-45-43-41-39-36-22-20-18-16-14-11-8-5-2/h16,18,22,36,57H,4-15,17,19-21,23-35,37-56H2,1-3H3/b18-16-,36-22-. The fourth-order valence-corrected chi connectivity index (χ4v) is 8.77. The summed E-state index contributed by atoms with van der Waals surface area (Å²) in [6, 6.07) is 0. The maximum Gasteiger partial charge on any atom is 0.306 e. The molecule has 0 saturated heterocycles. The van der Waals surface area contributed by atoms with Crippen LogP contribution in [0.2, 0.25) is 0 Å². The van der Waals surface area contributed by atoms with Gasteiger partial charge in [-0.2, -0.15) is 0 Å². The van der Waals surface area contributed by atoms with E-state index in [2.05, 4.69) is 45.1 Å². The van der Waals surface area contributed by atoms with E-state index < -0.39 is 6.10 Å². The Morgan fingerprint density at radius 3 is 0.864 bits per heavy atom. The first-order valence-corrected chi connectivity index (χ1v) is 29.3. The minimum absolute atomic E-state index is 0.0734. The van der Waals surface area contributed by atoms with Gasteiger partial charge in [0.25, 0.3) is 0 Å². The summed E-state index contributed by atoms with van der Waals surface area (Å²) in [5.74, 6) is -0.886. The van der Waals surface area contributed by atoms with Crippen LogP contribution in [0.25, 0.3) is 0 Å². The molecule has 0 saturated carbocycles. The Kier molecular flexibility index (Phi) is 53.7. The Morgan fingerprint density at radius 2 is 0.545 bits per heavy atom. The van der Waals surface area contributed by atoms with Gasteiger partial charge in [-0.1, -0.05) is 276 Å². The van der Waals surface area contributed by atoms with E-state index in [1.165, 1.54) is 193 Å². The van der Waals surface area contributed by atoms with Crippen LogP contribution in [0.3, 0.4) is 0 Å². The lowest BCUT2D eigenvalue weighted by Crippen LogP contribution is -2.30. The molecule has 0 aromatic carbocycles. The average Bonchev–Trinajstić information content (AvgIpc) is 3.31. The van der Waals surface area contributed by atoms with E-state index in [9.17, 15) is 14.4 Å². The lowest BCUT2D eigenvalue weighted by atomic mass is 10.0. The van der Waals surface area contributed by atoms with Gasteiger partial charge in [-0.3, -0.25) is 14.4 Å². The predicted octanol–water partition coefficient (Wildman–Crippen LogP) is 19.5. The number of rotatable bonds is 54. The van der Waals surface area contributed by atoms with Gasteiger partial charge in [0.05, 0.1) is 0 Å². The number of esters is 3. The molecule has 0 aliphatic rings. The molecule has 0 aliphatic carbocycles. The van der Waals surface area contributed by atoms with Gasteiger partial charge in [-0.25, -0.2) is 0 Å². The molecule has 0 aliphatic heterocycles. The Morgan fingerprint density at radius 1 is 0.303 bits per heavy atom. The van der Waals surface area contributed by atoms with Gasteiger partial charge < -0.3 is 14.2 Å². The van der Waals surface area contributed by atoms with Crippen LogP contribution in [0.5, 0.6) is 0 Å². The lowest BCUT2D eigenvalue weighted by Gasteiger charge is -2.18. The summed E-state index contributed by atoms with van der Waals surface area (Å²) >= 11 is 0. The minimum Gasteiger partial charge on any atom is -0.462 e. The first-order valence-electron chi connectivity index (χ1n) is 29.3. The molecule has 6 heteroatoms. The SMILES string of the molecule is CCCCC/C=C\C/C=C\CCCCCCCC(=O)OC(COC(=O)CCCCCCC)COC(=O)CCCCCCCCCCCCCCCCCCCCCCCCCCCCCC. The Bertz CT molecular complexity index is 1070. The lowest BCUT2D eigenvalue weighted by molar-refractivity contribution is -0.167. The average molecular weight is 930 g/mol. The van der Waals surface area contributed by atoms with Crippen LogP contribution in [-0.4, -0.2) is 37.2 Å². The van der Waals surface area contributed by atoms with Gasteiger partial charge in [-0.15, -0.1) is 0 Å². The highest BCUT2D eigenvalue weighted by molar-refractivity contribution is 5.71. The third-order valence-electron chi connectivity index (χ3n) is 13.2. The highest BCUT2D eigenvalue weighted by atomic mass is 16.6. The molecule has 0 aromatic rings. The molecule has 0 amide bonds. The van der Waals surface area contributed by atoms with Gasteiger partial charge in [0.15, 0.2) is 6.10 Å². The molecule has 1 unspecified atom stereocenters. The van der Waals surface area contributed by atoms with Gasteiger partial charge >= 0.3 is 17.9 Å². The fraction of sp³-hybridized carbons (Fsp3) is 0.883. The summed E-state index contributed by atoms with van der Waals surface area (Å²) in [7, 11) is 0. The van der Waals surface area contributed by atoms with Crippen LogP contribution >= 0.6 is 0 Å². The first kappa shape index (κ1) is 63.9. The van der Waals surface area contributed by atoms with E-state index in [-0.39, 0.29) is 31.1 Å². The van der Waals surface area contributed by atoms with Crippen molar-refractivity contribution < 1.29 is 28.6 Å². The van der Waals surface area contributed by atoms with Crippen molar-refractivity contribution in [2.24, 2.45) is 0 Å². The van der Waals surface area contributed by atoms with Gasteiger partial charge in [-0.05, 0) is 51.4 Å². The zero-order chi connectivity index (χ0) is 47.9. The maximum absolute atomic E-state index is 12.7. The molecule has 0 aromatic heterocycles. The summed E-state index contributed by atoms with van der Waals surface area (Å²) in [4.78, 5) is 37.7. The first-order chi connectivity index (χ1) is 32.5. The second-order valence-corrected chi connectivity index (χ2v) is 19.9. The summed E-state index contributed by atoms with van der Waals surface area (Å²) in [5.41, 5.74) is 0. The van der Waals surface area contributed by atoms with Crippen molar-refractivity contribution in [1.29, 1.82) is 0 Å². The molecule has 1 atom stereocenters. The van der Waals surface area contributed by atoms with E-state index >= 15 is 0 Å². The van der Waals surface area contributed by atoms with Crippen molar-refractivity contribution in [2.75, 3.05) is 13.2 Å². The molecule has 0 bridgehead atoms. The number of ether oxygens (including phenoxy) is 3. The van der Waals surface area contributed by atoms with E-state index in [0.29, 0.717) is 19.3 Å². The molecule has 66 heavy (non-hydrogen) atoms. The molecular weight excluding hydrogens is 817 g/mol. The predicted molar refractivity (Wildman–Crippen MR) is 284 cm³/mol. The normalized spacial score (nSPS) is 12.1. The van der Waals surface area contributed by atoms with Gasteiger partial charge in [0.1, 0.15) is 13.2 Å². The van der Waals surface area contributed by atoms with Crippen molar-refractivity contribution in [3.8, 4) is 0 Å². The molecule has 0 spiro atoms. The summed E-state index contributed by atoms with van der Waals surface area (Å²) in [5, 5.41) is 0. The van der Waals surface area contributed by atoms with Crippen LogP contribution in [0.1, 0.15) is 323 Å². The highest BCUT2D eigenvalue weighted by Crippen LogP contribution is 2.17. The van der Waals surface area contributed by atoms with Crippen LogP contribution < -0.4 is 0 Å². The number of carbonyl (C=O) groups excluding carboxylic acids is 3. The van der Waals surface area contributed by atoms with Crippen molar-refractivity contribution in [3.63, 3.8) is 0 Å².